The van der Waals surface area contributed by atoms with Gasteiger partial charge in [0, 0.05) is 12.1 Å². The monoisotopic (exact) mass is 292 g/mol. The molecule has 0 spiro atoms. The van der Waals surface area contributed by atoms with Crippen LogP contribution < -0.4 is 11.1 Å². The van der Waals surface area contributed by atoms with Gasteiger partial charge < -0.3 is 11.1 Å². The molecule has 0 heterocycles. The van der Waals surface area contributed by atoms with E-state index in [1.165, 1.54) is 37.8 Å². The maximum Gasteiger partial charge on any atom is 0.251 e. The molecule has 0 bridgehead atoms. The van der Waals surface area contributed by atoms with E-state index in [1.807, 2.05) is 0 Å². The number of anilines is 1. The van der Waals surface area contributed by atoms with Crippen LogP contribution in [0.15, 0.2) is 18.2 Å². The smallest absolute Gasteiger partial charge is 0.251 e. The molecule has 0 atom stereocenters. The van der Waals surface area contributed by atoms with Crippen LogP contribution in [0.3, 0.4) is 0 Å². The topological polar surface area (TPSA) is 55.1 Å². The number of amides is 1. The Morgan fingerprint density at radius 1 is 1.38 bits per heavy atom. The zero-order chi connectivity index (χ0) is 15.5. The van der Waals surface area contributed by atoms with Crippen LogP contribution in [-0.4, -0.2) is 12.5 Å². The van der Waals surface area contributed by atoms with Crippen molar-refractivity contribution < 1.29 is 9.18 Å². The zero-order valence-corrected chi connectivity index (χ0v) is 12.9. The highest BCUT2D eigenvalue weighted by atomic mass is 19.1. The van der Waals surface area contributed by atoms with Gasteiger partial charge in [-0.3, -0.25) is 4.79 Å². The van der Waals surface area contributed by atoms with Crippen molar-refractivity contribution in [1.29, 1.82) is 0 Å². The Labute approximate surface area is 126 Å². The predicted molar refractivity (Wildman–Crippen MR) is 83.5 cm³/mol. The van der Waals surface area contributed by atoms with Crippen molar-refractivity contribution in [3.63, 3.8) is 0 Å². The number of nitrogens with one attached hydrogen (secondary N) is 1. The molecule has 1 aliphatic carbocycles. The summed E-state index contributed by atoms with van der Waals surface area (Å²) in [5.74, 6) is -0.140. The number of nitrogen functional groups attached to an aromatic ring is 1. The van der Waals surface area contributed by atoms with E-state index in [9.17, 15) is 9.18 Å². The lowest BCUT2D eigenvalue weighted by molar-refractivity contribution is 0.0921. The Morgan fingerprint density at radius 3 is 2.62 bits per heavy atom. The van der Waals surface area contributed by atoms with E-state index >= 15 is 0 Å². The molecule has 3 nitrogen and oxygen atoms in total. The Bertz CT molecular complexity index is 508. The standard InChI is InChI=1S/C17H25FN2O/c1-12(2)10-17(7-3-4-8-17)11-20-16(21)13-5-6-15(19)14(18)9-13/h5-6,9,12H,3-4,7-8,10-11,19H2,1-2H3,(H,20,21). The number of hydrogen-bond donors (Lipinski definition) is 2. The molecule has 0 saturated heterocycles. The van der Waals surface area contributed by atoms with Gasteiger partial charge in [0.15, 0.2) is 0 Å². The SMILES string of the molecule is CC(C)CC1(CNC(=O)c2ccc(N)c(F)c2)CCCC1. The van der Waals surface area contributed by atoms with Gasteiger partial charge in [0.05, 0.1) is 5.69 Å². The minimum absolute atomic E-state index is 0.0682. The van der Waals surface area contributed by atoms with E-state index in [2.05, 4.69) is 19.2 Å². The van der Waals surface area contributed by atoms with Crippen LogP contribution in [0, 0.1) is 17.2 Å². The van der Waals surface area contributed by atoms with Crippen LogP contribution in [0.25, 0.3) is 0 Å². The van der Waals surface area contributed by atoms with Crippen molar-refractivity contribution in [2.75, 3.05) is 12.3 Å². The normalized spacial score (nSPS) is 17.1. The summed E-state index contributed by atoms with van der Waals surface area (Å²) in [6.07, 6.45) is 5.94. The minimum atomic E-state index is -0.541. The van der Waals surface area contributed by atoms with Crippen LogP contribution >= 0.6 is 0 Å². The van der Waals surface area contributed by atoms with Crippen LogP contribution in [0.2, 0.25) is 0 Å². The van der Waals surface area contributed by atoms with Gasteiger partial charge in [-0.25, -0.2) is 4.39 Å². The molecule has 0 unspecified atom stereocenters. The molecule has 2 rings (SSSR count). The zero-order valence-electron chi connectivity index (χ0n) is 12.9. The van der Waals surface area contributed by atoms with Gasteiger partial charge in [-0.1, -0.05) is 26.7 Å². The Hall–Kier alpha value is -1.58. The number of halogens is 1. The molecule has 1 saturated carbocycles. The largest absolute Gasteiger partial charge is 0.396 e. The van der Waals surface area contributed by atoms with Crippen LogP contribution in [0.1, 0.15) is 56.3 Å². The summed E-state index contributed by atoms with van der Waals surface area (Å²) in [6, 6.07) is 4.20. The lowest BCUT2D eigenvalue weighted by atomic mass is 9.78. The molecule has 1 aromatic rings. The average Bonchev–Trinajstić information content (AvgIpc) is 2.87. The Balaban J connectivity index is 2.00. The van der Waals surface area contributed by atoms with Crippen molar-refractivity contribution >= 4 is 11.6 Å². The molecule has 1 fully saturated rings. The second-order valence-corrected chi connectivity index (χ2v) is 6.72. The lowest BCUT2D eigenvalue weighted by Gasteiger charge is -2.31. The predicted octanol–water partition coefficient (Wildman–Crippen LogP) is 3.74. The lowest BCUT2D eigenvalue weighted by Crippen LogP contribution is -2.36. The quantitative estimate of drug-likeness (QED) is 0.812. The van der Waals surface area contributed by atoms with E-state index in [1.54, 1.807) is 6.07 Å². The first-order valence-corrected chi connectivity index (χ1v) is 7.75. The fraction of sp³-hybridized carbons (Fsp3) is 0.588. The third-order valence-electron chi connectivity index (χ3n) is 4.39. The van der Waals surface area contributed by atoms with Gasteiger partial charge in [0.2, 0.25) is 0 Å². The molecule has 1 aliphatic rings. The summed E-state index contributed by atoms with van der Waals surface area (Å²) in [6.45, 7) is 5.12. The maximum atomic E-state index is 13.4. The van der Waals surface area contributed by atoms with Crippen molar-refractivity contribution in [1.82, 2.24) is 5.32 Å². The van der Waals surface area contributed by atoms with Crippen LogP contribution in [0.5, 0.6) is 0 Å². The van der Waals surface area contributed by atoms with Crippen molar-refractivity contribution in [3.05, 3.63) is 29.6 Å². The van der Waals surface area contributed by atoms with Gasteiger partial charge in [-0.15, -0.1) is 0 Å². The molecule has 0 radical (unpaired) electrons. The summed E-state index contributed by atoms with van der Waals surface area (Å²) < 4.78 is 13.4. The molecule has 1 aromatic carbocycles. The van der Waals surface area contributed by atoms with E-state index in [-0.39, 0.29) is 17.0 Å². The van der Waals surface area contributed by atoms with Gasteiger partial charge in [0.25, 0.3) is 5.91 Å². The van der Waals surface area contributed by atoms with Gasteiger partial charge in [-0.05, 0) is 48.8 Å². The average molecular weight is 292 g/mol. The van der Waals surface area contributed by atoms with E-state index in [4.69, 9.17) is 5.73 Å². The molecule has 0 aliphatic heterocycles. The van der Waals surface area contributed by atoms with E-state index < -0.39 is 5.82 Å². The molecule has 0 aromatic heterocycles. The highest BCUT2D eigenvalue weighted by Crippen LogP contribution is 2.42. The summed E-state index contributed by atoms with van der Waals surface area (Å²) in [5, 5.41) is 2.99. The number of carbonyl (C=O) groups excluding carboxylic acids is 1. The van der Waals surface area contributed by atoms with Crippen molar-refractivity contribution in [3.8, 4) is 0 Å². The third kappa shape index (κ3) is 3.96. The minimum Gasteiger partial charge on any atom is -0.396 e. The number of benzene rings is 1. The highest BCUT2D eigenvalue weighted by Gasteiger charge is 2.34. The van der Waals surface area contributed by atoms with Gasteiger partial charge in [-0.2, -0.15) is 0 Å². The summed E-state index contributed by atoms with van der Waals surface area (Å²) in [4.78, 5) is 12.2. The summed E-state index contributed by atoms with van der Waals surface area (Å²) in [7, 11) is 0. The second kappa shape index (κ2) is 6.46. The molecular weight excluding hydrogens is 267 g/mol. The van der Waals surface area contributed by atoms with Crippen molar-refractivity contribution in [2.45, 2.75) is 46.0 Å². The first kappa shape index (κ1) is 15.8. The van der Waals surface area contributed by atoms with Crippen molar-refractivity contribution in [2.24, 2.45) is 11.3 Å². The molecule has 4 heteroatoms. The fourth-order valence-electron chi connectivity index (χ4n) is 3.48. The molecule has 116 valence electrons. The summed E-state index contributed by atoms with van der Waals surface area (Å²) in [5.41, 5.74) is 6.05. The fourth-order valence-corrected chi connectivity index (χ4v) is 3.48. The van der Waals surface area contributed by atoms with Gasteiger partial charge >= 0.3 is 0 Å². The highest BCUT2D eigenvalue weighted by molar-refractivity contribution is 5.94. The number of nitrogens with two attached hydrogens (primary N) is 1. The van der Waals surface area contributed by atoms with Gasteiger partial charge in [0.1, 0.15) is 5.82 Å². The first-order chi connectivity index (χ1) is 9.92. The first-order valence-electron chi connectivity index (χ1n) is 7.75. The third-order valence-corrected chi connectivity index (χ3v) is 4.39. The van der Waals surface area contributed by atoms with E-state index in [0.717, 1.165) is 6.42 Å². The van der Waals surface area contributed by atoms with E-state index in [0.29, 0.717) is 18.0 Å². The second-order valence-electron chi connectivity index (χ2n) is 6.72. The Morgan fingerprint density at radius 2 is 2.05 bits per heavy atom. The summed E-state index contributed by atoms with van der Waals surface area (Å²) >= 11 is 0. The Kier molecular flexibility index (Phi) is 4.86. The number of carbonyl (C=O) groups is 1. The molecule has 1 amide bonds. The number of rotatable bonds is 5. The van der Waals surface area contributed by atoms with Crippen LogP contribution in [-0.2, 0) is 0 Å². The molecule has 3 N–H and O–H groups in total. The number of hydrogen-bond acceptors (Lipinski definition) is 2. The molecule has 21 heavy (non-hydrogen) atoms. The van der Waals surface area contributed by atoms with Crippen LogP contribution in [0.4, 0.5) is 10.1 Å². The maximum absolute atomic E-state index is 13.4. The molecular formula is C17H25FN2O.